The fourth-order valence-electron chi connectivity index (χ4n) is 4.84. The third kappa shape index (κ3) is 6.19. The van der Waals surface area contributed by atoms with Gasteiger partial charge in [0.25, 0.3) is 0 Å². The van der Waals surface area contributed by atoms with Crippen molar-refractivity contribution < 1.29 is 19.1 Å². The van der Waals surface area contributed by atoms with Crippen LogP contribution < -0.4 is 4.74 Å². The van der Waals surface area contributed by atoms with Crippen LogP contribution in [-0.2, 0) is 20.7 Å². The van der Waals surface area contributed by atoms with E-state index in [-0.39, 0.29) is 24.0 Å². The molecule has 29 heavy (non-hydrogen) atoms. The monoisotopic (exact) mass is 398 g/mol. The van der Waals surface area contributed by atoms with Crippen molar-refractivity contribution in [2.24, 2.45) is 17.8 Å². The lowest BCUT2D eigenvalue weighted by Gasteiger charge is -2.37. The molecule has 0 heterocycles. The van der Waals surface area contributed by atoms with Crippen molar-refractivity contribution in [2.75, 3.05) is 0 Å². The van der Waals surface area contributed by atoms with E-state index >= 15 is 0 Å². The van der Waals surface area contributed by atoms with Crippen LogP contribution in [0.1, 0.15) is 70.8 Å². The van der Waals surface area contributed by atoms with Gasteiger partial charge < -0.3 is 9.47 Å². The van der Waals surface area contributed by atoms with E-state index in [1.54, 1.807) is 6.08 Å². The van der Waals surface area contributed by atoms with E-state index in [9.17, 15) is 9.59 Å². The molecular formula is C25H34O4. The number of allylic oxidation sites excluding steroid dienone is 1. The van der Waals surface area contributed by atoms with Crippen molar-refractivity contribution in [1.82, 2.24) is 0 Å². The third-order valence-corrected chi connectivity index (χ3v) is 6.63. The van der Waals surface area contributed by atoms with Crippen LogP contribution in [0.2, 0.25) is 0 Å². The molecule has 0 N–H and O–H groups in total. The number of carbonyl (C=O) groups excluding carboxylic acids is 2. The number of hydrogen-bond donors (Lipinski definition) is 0. The first-order valence-corrected chi connectivity index (χ1v) is 11.2. The summed E-state index contributed by atoms with van der Waals surface area (Å²) in [7, 11) is 0. The summed E-state index contributed by atoms with van der Waals surface area (Å²) >= 11 is 0. The highest BCUT2D eigenvalue weighted by molar-refractivity contribution is 5.81. The molecule has 4 nitrogen and oxygen atoms in total. The minimum Gasteiger partial charge on any atom is -0.459 e. The zero-order chi connectivity index (χ0) is 20.6. The summed E-state index contributed by atoms with van der Waals surface area (Å²) < 4.78 is 11.1. The summed E-state index contributed by atoms with van der Waals surface area (Å²) in [6.07, 6.45) is 12.5. The molecule has 0 radical (unpaired) electrons. The van der Waals surface area contributed by atoms with E-state index in [4.69, 9.17) is 9.47 Å². The Morgan fingerprint density at radius 2 is 1.52 bits per heavy atom. The minimum atomic E-state index is -0.223. The van der Waals surface area contributed by atoms with Crippen LogP contribution in [0.3, 0.4) is 0 Å². The van der Waals surface area contributed by atoms with Crippen molar-refractivity contribution >= 4 is 11.9 Å². The molecule has 0 aromatic heterocycles. The van der Waals surface area contributed by atoms with E-state index in [2.05, 4.69) is 6.92 Å². The van der Waals surface area contributed by atoms with Gasteiger partial charge in [0.2, 0.25) is 0 Å². The Kier molecular flexibility index (Phi) is 7.91. The average Bonchev–Trinajstić information content (AvgIpc) is 2.75. The fourth-order valence-corrected chi connectivity index (χ4v) is 4.84. The van der Waals surface area contributed by atoms with Gasteiger partial charge in [-0.25, -0.2) is 4.79 Å². The van der Waals surface area contributed by atoms with Gasteiger partial charge in [-0.15, -0.1) is 0 Å². The lowest BCUT2D eigenvalue weighted by molar-refractivity contribution is -0.145. The van der Waals surface area contributed by atoms with Crippen molar-refractivity contribution in [3.8, 4) is 5.75 Å². The first-order chi connectivity index (χ1) is 14.1. The molecule has 2 aliphatic carbocycles. The molecule has 0 aliphatic heterocycles. The third-order valence-electron chi connectivity index (χ3n) is 6.63. The maximum atomic E-state index is 12.5. The number of aryl methyl sites for hydroxylation is 1. The Balaban J connectivity index is 1.40. The molecule has 158 valence electrons. The molecule has 0 bridgehead atoms. The van der Waals surface area contributed by atoms with E-state index < -0.39 is 0 Å². The normalized spacial score (nSPS) is 27.5. The summed E-state index contributed by atoms with van der Waals surface area (Å²) in [5.41, 5.74) is 1.25. The molecule has 1 aromatic carbocycles. The maximum Gasteiger partial charge on any atom is 0.330 e. The van der Waals surface area contributed by atoms with Crippen LogP contribution in [0.5, 0.6) is 5.75 Å². The number of rotatable bonds is 6. The molecule has 0 unspecified atom stereocenters. The molecule has 0 amide bonds. The van der Waals surface area contributed by atoms with Crippen molar-refractivity contribution in [2.45, 2.75) is 77.7 Å². The van der Waals surface area contributed by atoms with Crippen molar-refractivity contribution in [3.05, 3.63) is 42.0 Å². The number of ether oxygens (including phenoxy) is 2. The summed E-state index contributed by atoms with van der Waals surface area (Å²) in [5, 5.41) is 0. The van der Waals surface area contributed by atoms with Crippen molar-refractivity contribution in [3.63, 3.8) is 0 Å². The maximum absolute atomic E-state index is 12.5. The molecule has 3 rings (SSSR count). The Morgan fingerprint density at radius 1 is 0.931 bits per heavy atom. The van der Waals surface area contributed by atoms with E-state index in [0.29, 0.717) is 17.6 Å². The SMILES string of the molecule is CC=CC(=O)O[C@H]1CC[C@H]([C@H]2CC[C@H](C(=O)Oc3ccc(CC)cc3)CC2)CC1. The zero-order valence-corrected chi connectivity index (χ0v) is 17.8. The standard InChI is InChI=1S/C25H34O4/c1-3-5-24(26)28-22-16-12-20(13-17-22)19-8-10-21(11-9-19)25(27)29-23-14-6-18(4-2)7-15-23/h3,5-7,14-15,19-22H,4,8-13,16-17H2,1-2H3/t19-,20-,21-,22-. The molecule has 2 aliphatic rings. The fraction of sp³-hybridized carbons (Fsp3) is 0.600. The quantitative estimate of drug-likeness (QED) is 0.353. The van der Waals surface area contributed by atoms with Gasteiger partial charge in [-0.1, -0.05) is 25.1 Å². The summed E-state index contributed by atoms with van der Waals surface area (Å²) in [4.78, 5) is 24.1. The topological polar surface area (TPSA) is 52.6 Å². The summed E-state index contributed by atoms with van der Waals surface area (Å²) in [6.45, 7) is 3.94. The van der Waals surface area contributed by atoms with Gasteiger partial charge in [-0.3, -0.25) is 4.79 Å². The second kappa shape index (κ2) is 10.6. The van der Waals surface area contributed by atoms with Gasteiger partial charge in [0.1, 0.15) is 11.9 Å². The zero-order valence-electron chi connectivity index (χ0n) is 17.8. The van der Waals surface area contributed by atoms with Crippen LogP contribution in [0.4, 0.5) is 0 Å². The average molecular weight is 399 g/mol. The van der Waals surface area contributed by atoms with Crippen molar-refractivity contribution in [1.29, 1.82) is 0 Å². The smallest absolute Gasteiger partial charge is 0.330 e. The predicted molar refractivity (Wildman–Crippen MR) is 114 cm³/mol. The van der Waals surface area contributed by atoms with Gasteiger partial charge in [0.15, 0.2) is 0 Å². The number of esters is 2. The van der Waals surface area contributed by atoms with Gasteiger partial charge >= 0.3 is 11.9 Å². The summed E-state index contributed by atoms with van der Waals surface area (Å²) in [5.74, 6) is 1.77. The summed E-state index contributed by atoms with van der Waals surface area (Å²) in [6, 6.07) is 7.82. The lowest BCUT2D eigenvalue weighted by atomic mass is 9.70. The highest BCUT2D eigenvalue weighted by atomic mass is 16.5. The second-order valence-electron chi connectivity index (χ2n) is 8.50. The Hall–Kier alpha value is -2.10. The van der Waals surface area contributed by atoms with Crippen LogP contribution in [0.25, 0.3) is 0 Å². The Morgan fingerprint density at radius 3 is 2.07 bits per heavy atom. The van der Waals surface area contributed by atoms with Crippen LogP contribution in [0.15, 0.2) is 36.4 Å². The molecule has 0 spiro atoms. The van der Waals surface area contributed by atoms with Crippen LogP contribution in [-0.4, -0.2) is 18.0 Å². The van der Waals surface area contributed by atoms with Gasteiger partial charge in [0.05, 0.1) is 5.92 Å². The molecule has 2 saturated carbocycles. The first-order valence-electron chi connectivity index (χ1n) is 11.2. The Bertz CT molecular complexity index is 690. The molecule has 4 heteroatoms. The highest BCUT2D eigenvalue weighted by Gasteiger charge is 2.34. The predicted octanol–water partition coefficient (Wildman–Crippen LogP) is 5.64. The van der Waals surface area contributed by atoms with Gasteiger partial charge in [-0.05, 0) is 94.2 Å². The second-order valence-corrected chi connectivity index (χ2v) is 8.50. The van der Waals surface area contributed by atoms with Gasteiger partial charge in [-0.2, -0.15) is 0 Å². The van der Waals surface area contributed by atoms with E-state index in [1.165, 1.54) is 11.6 Å². The highest BCUT2D eigenvalue weighted by Crippen LogP contribution is 2.40. The van der Waals surface area contributed by atoms with E-state index in [1.807, 2.05) is 31.2 Å². The minimum absolute atomic E-state index is 0.0234. The van der Waals surface area contributed by atoms with Crippen LogP contribution in [0, 0.1) is 17.8 Å². The number of hydrogen-bond acceptors (Lipinski definition) is 4. The Labute approximate surface area is 174 Å². The molecule has 0 atom stereocenters. The number of benzene rings is 1. The molecule has 2 fully saturated rings. The largest absolute Gasteiger partial charge is 0.459 e. The van der Waals surface area contributed by atoms with E-state index in [0.717, 1.165) is 57.8 Å². The number of carbonyl (C=O) groups is 2. The molecule has 0 saturated heterocycles. The van der Waals surface area contributed by atoms with Gasteiger partial charge in [0, 0.05) is 6.08 Å². The first kappa shape index (κ1) is 21.6. The molecule has 1 aromatic rings. The lowest BCUT2D eigenvalue weighted by Crippen LogP contribution is -2.31. The molecular weight excluding hydrogens is 364 g/mol. The van der Waals surface area contributed by atoms with Crippen LogP contribution >= 0.6 is 0 Å².